The van der Waals surface area contributed by atoms with E-state index in [1.807, 2.05) is 31.2 Å². The molecule has 122 valence electrons. The molecule has 0 aromatic heterocycles. The maximum absolute atomic E-state index is 12.2. The molecule has 6 heteroatoms. The van der Waals surface area contributed by atoms with Crippen LogP contribution in [0.1, 0.15) is 24.1 Å². The number of rotatable bonds is 5. The second-order valence-electron chi connectivity index (χ2n) is 5.08. The summed E-state index contributed by atoms with van der Waals surface area (Å²) in [5, 5.41) is 6.76. The molecule has 0 bridgehead atoms. The van der Waals surface area contributed by atoms with Crippen LogP contribution in [-0.2, 0) is 11.3 Å². The summed E-state index contributed by atoms with van der Waals surface area (Å²) in [6, 6.07) is 12.1. The number of halogens is 2. The van der Waals surface area contributed by atoms with E-state index in [1.54, 1.807) is 25.3 Å². The average molecular weight is 353 g/mol. The second kappa shape index (κ2) is 8.20. The molecular weight excluding hydrogens is 335 g/mol. The van der Waals surface area contributed by atoms with Crippen LogP contribution in [-0.4, -0.2) is 13.1 Å². The minimum absolute atomic E-state index is 0.255. The molecule has 0 aliphatic heterocycles. The quantitative estimate of drug-likeness (QED) is 0.793. The van der Waals surface area contributed by atoms with Gasteiger partial charge in [-0.1, -0.05) is 47.5 Å². The number of anilines is 1. The van der Waals surface area contributed by atoms with Crippen molar-refractivity contribution < 1.29 is 9.53 Å². The predicted molar refractivity (Wildman–Crippen MR) is 94.2 cm³/mol. The lowest BCUT2D eigenvalue weighted by Crippen LogP contribution is -2.31. The Morgan fingerprint density at radius 3 is 2.65 bits per heavy atom. The van der Waals surface area contributed by atoms with Crippen LogP contribution in [0.5, 0.6) is 0 Å². The molecule has 1 atom stereocenters. The molecule has 2 aromatic rings. The zero-order valence-electron chi connectivity index (χ0n) is 12.9. The van der Waals surface area contributed by atoms with Crippen molar-refractivity contribution in [3.05, 3.63) is 63.6 Å². The van der Waals surface area contributed by atoms with Gasteiger partial charge in [-0.25, -0.2) is 4.79 Å². The first-order chi connectivity index (χ1) is 11.0. The van der Waals surface area contributed by atoms with Gasteiger partial charge in [0.1, 0.15) is 0 Å². The summed E-state index contributed by atoms with van der Waals surface area (Å²) in [6.07, 6.45) is 0. The number of carbonyl (C=O) groups is 1. The third-order valence-corrected chi connectivity index (χ3v) is 3.90. The number of hydrogen-bond donors (Lipinski definition) is 2. The molecule has 0 radical (unpaired) electrons. The van der Waals surface area contributed by atoms with Crippen LogP contribution in [0.15, 0.2) is 42.5 Å². The lowest BCUT2D eigenvalue weighted by atomic mass is 10.1. The molecule has 0 heterocycles. The summed E-state index contributed by atoms with van der Waals surface area (Å²) in [5.74, 6) is 0. The van der Waals surface area contributed by atoms with Gasteiger partial charge in [0.2, 0.25) is 0 Å². The Morgan fingerprint density at radius 1 is 1.22 bits per heavy atom. The lowest BCUT2D eigenvalue weighted by Gasteiger charge is -2.17. The number of para-hydroxylation sites is 1. The SMILES string of the molecule is COCc1ccccc1NC(=O)NC(C)c1ccc(Cl)cc1Cl. The van der Waals surface area contributed by atoms with Crippen molar-refractivity contribution in [3.8, 4) is 0 Å². The van der Waals surface area contributed by atoms with Crippen molar-refractivity contribution in [1.29, 1.82) is 0 Å². The monoisotopic (exact) mass is 352 g/mol. The third kappa shape index (κ3) is 4.86. The summed E-state index contributed by atoms with van der Waals surface area (Å²) < 4.78 is 5.13. The standard InChI is InChI=1S/C17H18Cl2N2O2/c1-11(14-8-7-13(18)9-15(14)19)20-17(22)21-16-6-4-3-5-12(16)10-23-2/h3-9,11H,10H2,1-2H3,(H2,20,21,22). The summed E-state index contributed by atoms with van der Waals surface area (Å²) >= 11 is 12.0. The van der Waals surface area contributed by atoms with Gasteiger partial charge in [0.15, 0.2) is 0 Å². The zero-order valence-corrected chi connectivity index (χ0v) is 14.4. The van der Waals surface area contributed by atoms with E-state index in [9.17, 15) is 4.79 Å². The van der Waals surface area contributed by atoms with Crippen LogP contribution in [0.25, 0.3) is 0 Å². The smallest absolute Gasteiger partial charge is 0.319 e. The van der Waals surface area contributed by atoms with E-state index in [1.165, 1.54) is 0 Å². The minimum atomic E-state index is -0.313. The second-order valence-corrected chi connectivity index (χ2v) is 5.92. The molecule has 2 N–H and O–H groups in total. The fraction of sp³-hybridized carbons (Fsp3) is 0.235. The van der Waals surface area contributed by atoms with Gasteiger partial charge in [0.05, 0.1) is 12.6 Å². The van der Waals surface area contributed by atoms with Crippen molar-refractivity contribution in [2.75, 3.05) is 12.4 Å². The van der Waals surface area contributed by atoms with E-state index in [0.29, 0.717) is 22.3 Å². The highest BCUT2D eigenvalue weighted by molar-refractivity contribution is 6.35. The topological polar surface area (TPSA) is 50.4 Å². The first-order valence-electron chi connectivity index (χ1n) is 7.10. The number of urea groups is 1. The van der Waals surface area contributed by atoms with Crippen LogP contribution in [0, 0.1) is 0 Å². The van der Waals surface area contributed by atoms with E-state index in [-0.39, 0.29) is 12.1 Å². The van der Waals surface area contributed by atoms with Gasteiger partial charge < -0.3 is 15.4 Å². The first-order valence-corrected chi connectivity index (χ1v) is 7.86. The Hall–Kier alpha value is -1.75. The van der Waals surface area contributed by atoms with Crippen molar-refractivity contribution in [2.45, 2.75) is 19.6 Å². The molecule has 2 amide bonds. The highest BCUT2D eigenvalue weighted by atomic mass is 35.5. The molecule has 0 aliphatic rings. The Labute approximate surface area is 145 Å². The van der Waals surface area contributed by atoms with Crippen molar-refractivity contribution in [2.24, 2.45) is 0 Å². The number of nitrogens with one attached hydrogen (secondary N) is 2. The number of benzene rings is 2. The van der Waals surface area contributed by atoms with E-state index >= 15 is 0 Å². The fourth-order valence-electron chi connectivity index (χ4n) is 2.21. The molecule has 2 aromatic carbocycles. The molecule has 23 heavy (non-hydrogen) atoms. The van der Waals surface area contributed by atoms with Crippen molar-refractivity contribution >= 4 is 34.9 Å². The lowest BCUT2D eigenvalue weighted by molar-refractivity contribution is 0.185. The molecule has 0 saturated heterocycles. The summed E-state index contributed by atoms with van der Waals surface area (Å²) in [4.78, 5) is 12.2. The molecule has 2 rings (SSSR count). The van der Waals surface area contributed by atoms with Gasteiger partial charge in [0, 0.05) is 28.4 Å². The summed E-state index contributed by atoms with van der Waals surface area (Å²) in [7, 11) is 1.61. The molecule has 1 unspecified atom stereocenters. The maximum atomic E-state index is 12.2. The Balaban J connectivity index is 2.04. The third-order valence-electron chi connectivity index (χ3n) is 3.34. The molecule has 0 spiro atoms. The Bertz CT molecular complexity index is 692. The van der Waals surface area contributed by atoms with E-state index in [0.717, 1.165) is 11.1 Å². The van der Waals surface area contributed by atoms with Crippen LogP contribution < -0.4 is 10.6 Å². The molecule has 0 fully saturated rings. The van der Waals surface area contributed by atoms with Gasteiger partial charge in [-0.05, 0) is 30.7 Å². The number of carbonyl (C=O) groups excluding carboxylic acids is 1. The summed E-state index contributed by atoms with van der Waals surface area (Å²) in [6.45, 7) is 2.28. The van der Waals surface area contributed by atoms with E-state index < -0.39 is 0 Å². The maximum Gasteiger partial charge on any atom is 0.319 e. The van der Waals surface area contributed by atoms with Crippen LogP contribution >= 0.6 is 23.2 Å². The minimum Gasteiger partial charge on any atom is -0.380 e. The molecule has 4 nitrogen and oxygen atoms in total. The van der Waals surface area contributed by atoms with Crippen molar-refractivity contribution in [1.82, 2.24) is 5.32 Å². The van der Waals surface area contributed by atoms with E-state index in [4.69, 9.17) is 27.9 Å². The van der Waals surface area contributed by atoms with Crippen LogP contribution in [0.3, 0.4) is 0 Å². The highest BCUT2D eigenvalue weighted by Crippen LogP contribution is 2.26. The van der Waals surface area contributed by atoms with Gasteiger partial charge >= 0.3 is 6.03 Å². The summed E-state index contributed by atoms with van der Waals surface area (Å²) in [5.41, 5.74) is 2.42. The zero-order chi connectivity index (χ0) is 16.8. The number of methoxy groups -OCH3 is 1. The van der Waals surface area contributed by atoms with Crippen LogP contribution in [0.4, 0.5) is 10.5 Å². The van der Waals surface area contributed by atoms with Crippen molar-refractivity contribution in [3.63, 3.8) is 0 Å². The fourth-order valence-corrected chi connectivity index (χ4v) is 2.78. The largest absolute Gasteiger partial charge is 0.380 e. The van der Waals surface area contributed by atoms with Gasteiger partial charge in [0.25, 0.3) is 0 Å². The normalized spacial score (nSPS) is 11.8. The number of amides is 2. The number of ether oxygens (including phenoxy) is 1. The highest BCUT2D eigenvalue weighted by Gasteiger charge is 2.14. The molecule has 0 aliphatic carbocycles. The van der Waals surface area contributed by atoms with Gasteiger partial charge in [-0.2, -0.15) is 0 Å². The predicted octanol–water partition coefficient (Wildman–Crippen LogP) is 5.02. The van der Waals surface area contributed by atoms with E-state index in [2.05, 4.69) is 10.6 Å². The van der Waals surface area contributed by atoms with Crippen LogP contribution in [0.2, 0.25) is 10.0 Å². The molecule has 0 saturated carbocycles. The average Bonchev–Trinajstić information content (AvgIpc) is 2.49. The van der Waals surface area contributed by atoms with Gasteiger partial charge in [-0.3, -0.25) is 0 Å². The number of hydrogen-bond acceptors (Lipinski definition) is 2. The molecular formula is C17H18Cl2N2O2. The first kappa shape index (κ1) is 17.6. The Morgan fingerprint density at radius 2 is 1.96 bits per heavy atom. The van der Waals surface area contributed by atoms with Gasteiger partial charge in [-0.15, -0.1) is 0 Å². The Kier molecular flexibility index (Phi) is 6.28.